The van der Waals surface area contributed by atoms with Crippen molar-refractivity contribution in [3.05, 3.63) is 311 Å². The van der Waals surface area contributed by atoms with Gasteiger partial charge in [-0.05, 0) is 192 Å². The molecule has 0 unspecified atom stereocenters. The molecule has 0 radical (unpaired) electrons. The van der Waals surface area contributed by atoms with Crippen LogP contribution in [0.3, 0.4) is 0 Å². The van der Waals surface area contributed by atoms with Crippen molar-refractivity contribution in [1.29, 1.82) is 0 Å². The summed E-state index contributed by atoms with van der Waals surface area (Å²) < 4.78 is 129. The maximum atomic E-state index is 8.21. The quantitative estimate of drug-likeness (QED) is 0.165. The smallest absolute Gasteiger partial charge is 0.216 e. The predicted molar refractivity (Wildman–Crippen MR) is 453 cm³/mol. The van der Waals surface area contributed by atoms with Crippen molar-refractivity contribution in [3.8, 4) is 45.0 Å². The number of fused-ring (bicyclic) bond motifs is 20. The summed E-state index contributed by atoms with van der Waals surface area (Å²) in [6.45, 7) is 7.70. The van der Waals surface area contributed by atoms with Crippen LogP contribution < -0.4 is 18.3 Å². The highest BCUT2D eigenvalue weighted by atomic mass is 16.3. The van der Waals surface area contributed by atoms with Gasteiger partial charge in [0.1, 0.15) is 72.9 Å². The molecule has 0 saturated heterocycles. The largest absolute Gasteiger partial charge is 0.455 e. The van der Waals surface area contributed by atoms with Crippen molar-refractivity contribution in [1.82, 2.24) is 0 Å². The molecule has 20 aromatic rings. The van der Waals surface area contributed by atoms with Gasteiger partial charge in [0.25, 0.3) is 0 Å². The van der Waals surface area contributed by atoms with E-state index in [1.165, 1.54) is 54.7 Å². The number of aryl methyl sites for hydroxylation is 13. The normalized spacial score (nSPS) is 13.9. The fourth-order valence-corrected chi connectivity index (χ4v) is 16.3. The van der Waals surface area contributed by atoms with E-state index in [1.807, 2.05) is 165 Å². The molecule has 534 valence electrons. The number of rotatable bonds is 4. The molecule has 8 heterocycles. The zero-order valence-electron chi connectivity index (χ0n) is 75.2. The molecule has 0 amide bonds. The zero-order valence-corrected chi connectivity index (χ0v) is 63.2. The van der Waals surface area contributed by atoms with E-state index in [2.05, 4.69) is 143 Å². The molecule has 12 aromatic carbocycles. The first-order valence-electron chi connectivity index (χ1n) is 42.8. The molecular weight excluding hydrogens is 1330 g/mol. The van der Waals surface area contributed by atoms with E-state index in [4.69, 9.17) is 34.1 Å². The van der Waals surface area contributed by atoms with Gasteiger partial charge >= 0.3 is 0 Å². The summed E-state index contributed by atoms with van der Waals surface area (Å²) in [6, 6.07) is 76.8. The highest BCUT2D eigenvalue weighted by Crippen LogP contribution is 2.46. The molecule has 0 aliphatic carbocycles. The maximum Gasteiger partial charge on any atom is 0.216 e. The van der Waals surface area contributed by atoms with Crippen LogP contribution in [-0.4, -0.2) is 0 Å². The number of aromatic nitrogens is 4. The van der Waals surface area contributed by atoms with Crippen molar-refractivity contribution in [2.24, 2.45) is 28.2 Å². The van der Waals surface area contributed by atoms with E-state index in [0.29, 0.717) is 44.2 Å². The molecule has 0 spiro atoms. The van der Waals surface area contributed by atoms with Crippen LogP contribution in [0, 0.1) is 62.0 Å². The Bertz CT molecular complexity index is 7640. The third-order valence-corrected chi connectivity index (χ3v) is 21.8. The monoisotopic (exact) mass is 1430 g/mol. The lowest BCUT2D eigenvalue weighted by Gasteiger charge is -2.17. The topological polar surface area (TPSA) is 68.1 Å². The molecular formula is C101H90N4O4+4. The van der Waals surface area contributed by atoms with E-state index in [1.54, 1.807) is 48.3 Å². The van der Waals surface area contributed by atoms with Gasteiger partial charge in [-0.1, -0.05) is 178 Å². The Hall–Kier alpha value is -12.5. The van der Waals surface area contributed by atoms with Crippen LogP contribution in [0.5, 0.6) is 0 Å². The Morgan fingerprint density at radius 1 is 0.275 bits per heavy atom. The first kappa shape index (κ1) is 56.8. The summed E-state index contributed by atoms with van der Waals surface area (Å²) in [5, 5.41) is 16.3. The molecule has 0 saturated carbocycles. The van der Waals surface area contributed by atoms with Gasteiger partial charge < -0.3 is 17.7 Å². The lowest BCUT2D eigenvalue weighted by atomic mass is 9.87. The van der Waals surface area contributed by atoms with Crippen molar-refractivity contribution >= 4 is 131 Å². The van der Waals surface area contributed by atoms with Crippen LogP contribution in [0.2, 0.25) is 0 Å². The van der Waals surface area contributed by atoms with E-state index in [0.717, 1.165) is 121 Å². The Balaban J connectivity index is 0.000000115. The Morgan fingerprint density at radius 3 is 1.11 bits per heavy atom. The number of nitrogens with zero attached hydrogens (tertiary/aromatic N) is 4. The molecule has 8 aromatic heterocycles. The van der Waals surface area contributed by atoms with Crippen molar-refractivity contribution < 1.29 is 52.4 Å². The third kappa shape index (κ3) is 11.9. The second-order valence-corrected chi connectivity index (χ2v) is 30.1. The molecule has 0 aliphatic rings. The number of hydrogen-bond donors (Lipinski definition) is 0. The second-order valence-electron chi connectivity index (χ2n) is 30.1. The van der Waals surface area contributed by atoms with Gasteiger partial charge in [0.2, 0.25) is 22.8 Å². The SMILES string of the molecule is Cc1ccc2c(oc3ccc4ccccc4c32)c1-c1ccc(C(C)(C)C)c[n+]1C.[2H]C([2H])([2H])c1c[n+](C)c(-c2c(C)ccc3c2oc2ccc4ccccc4c23)cc1C.[2H]C([2H])([2H])c1cc(C)c(-c2cccc[n+]2C)c2oc3ccc4ccccc4c3c12.[2H]C([2H])([2H])c1ccc(-c2c(C)cc(C([2H])([2H])[2H])c3c2oc2ccc4ccccc4c23)[n+](C)c1. The van der Waals surface area contributed by atoms with Crippen LogP contribution in [0.1, 0.15) is 92.9 Å². The Kier molecular flexibility index (Phi) is 14.1. The molecule has 0 atom stereocenters. The molecule has 0 N–H and O–H groups in total. The minimum atomic E-state index is -2.33. The fourth-order valence-electron chi connectivity index (χ4n) is 16.3. The van der Waals surface area contributed by atoms with E-state index >= 15 is 0 Å². The van der Waals surface area contributed by atoms with Crippen LogP contribution in [0.15, 0.2) is 273 Å². The number of pyridine rings is 4. The summed E-state index contributed by atoms with van der Waals surface area (Å²) in [5.74, 6) is 0. The zero-order chi connectivity index (χ0) is 85.6. The molecule has 0 bridgehead atoms. The molecule has 109 heavy (non-hydrogen) atoms. The highest BCUT2D eigenvalue weighted by Gasteiger charge is 2.29. The summed E-state index contributed by atoms with van der Waals surface area (Å²) in [6.07, 6.45) is 7.53. The van der Waals surface area contributed by atoms with E-state index in [-0.39, 0.29) is 16.5 Å². The van der Waals surface area contributed by atoms with Gasteiger partial charge in [0.15, 0.2) is 24.8 Å². The average molecular weight is 1440 g/mol. The lowest BCUT2D eigenvalue weighted by molar-refractivity contribution is -0.661. The minimum absolute atomic E-state index is 0.121. The Labute approximate surface area is 652 Å². The van der Waals surface area contributed by atoms with Crippen molar-refractivity contribution in [2.45, 2.75) is 88.2 Å². The fraction of sp³-hybridized carbons (Fsp3) is 0.168. The summed E-state index contributed by atoms with van der Waals surface area (Å²) >= 11 is 0. The predicted octanol–water partition coefficient (Wildman–Crippen LogP) is 25.0. The molecule has 0 aliphatic heterocycles. The molecule has 8 heteroatoms. The number of benzene rings is 12. The summed E-state index contributed by atoms with van der Waals surface area (Å²) in [7, 11) is 7.78. The summed E-state index contributed by atoms with van der Waals surface area (Å²) in [5.41, 5.74) is 21.0. The van der Waals surface area contributed by atoms with Gasteiger partial charge in [-0.15, -0.1) is 0 Å². The van der Waals surface area contributed by atoms with Gasteiger partial charge in [-0.3, -0.25) is 0 Å². The Morgan fingerprint density at radius 2 is 0.670 bits per heavy atom. The first-order chi connectivity index (χ1) is 57.4. The van der Waals surface area contributed by atoms with Crippen LogP contribution >= 0.6 is 0 Å². The van der Waals surface area contributed by atoms with E-state index in [9.17, 15) is 0 Å². The molecule has 20 rings (SSSR count). The van der Waals surface area contributed by atoms with E-state index < -0.39 is 27.4 Å². The minimum Gasteiger partial charge on any atom is -0.455 e. The van der Waals surface area contributed by atoms with Crippen LogP contribution in [0.4, 0.5) is 0 Å². The van der Waals surface area contributed by atoms with Crippen molar-refractivity contribution in [3.63, 3.8) is 0 Å². The van der Waals surface area contributed by atoms with Crippen molar-refractivity contribution in [2.75, 3.05) is 0 Å². The standard InChI is InChI=1S/C27H26NO.2C25H22NO.C24H20NO/c1-17-10-13-21-25-20-9-7-6-8-18(20)11-15-23(25)29-26(21)24(17)22-14-12-19(16-28(22)5)27(2,3)4;1-15-9-11-20-24-19-8-6-5-7-18(19)10-12-22(24)27-25(20)23(15)21-13-16(2)17(3)14-26(21)4;1-15-9-11-20(26(4)14-15)22-16(2)13-17(3)23-24-19-8-6-5-7-18(19)10-12-21(24)27-25(22)23;1-15-14-16(2)22-23-18-9-5-4-8-17(18)11-12-20(23)26-24(22)21(15)19-10-6-7-13-25(19)3/h6-16H,1-5H3;2*5-14H,1-4H3;4-14H,1-3H3/q4*+1/i;3D3;1D3,3D3;2D3. The van der Waals surface area contributed by atoms with Gasteiger partial charge in [-0.25, -0.2) is 18.3 Å². The average Bonchev–Trinajstić information content (AvgIpc) is 1.60. The number of furan rings is 4. The van der Waals surface area contributed by atoms with Gasteiger partial charge in [0.05, 0.1) is 22.3 Å². The second kappa shape index (κ2) is 27.1. The lowest BCUT2D eigenvalue weighted by Crippen LogP contribution is -2.33. The maximum absolute atomic E-state index is 8.21. The van der Waals surface area contributed by atoms with Gasteiger partial charge in [-0.2, -0.15) is 0 Å². The van der Waals surface area contributed by atoms with Crippen LogP contribution in [0.25, 0.3) is 176 Å². The molecule has 0 fully saturated rings. The number of hydrogen-bond acceptors (Lipinski definition) is 4. The van der Waals surface area contributed by atoms with Gasteiger partial charge in [0, 0.05) is 107 Å². The highest BCUT2D eigenvalue weighted by molar-refractivity contribution is 6.25. The third-order valence-electron chi connectivity index (χ3n) is 21.8. The summed E-state index contributed by atoms with van der Waals surface area (Å²) in [4.78, 5) is 0. The first-order valence-corrected chi connectivity index (χ1v) is 36.8. The molecule has 8 nitrogen and oxygen atoms in total. The van der Waals surface area contributed by atoms with Crippen LogP contribution in [-0.2, 0) is 33.6 Å².